The maximum atomic E-state index is 13.0. The van der Waals surface area contributed by atoms with Crippen LogP contribution in [0.2, 0.25) is 0 Å². The third kappa shape index (κ3) is 8.16. The van der Waals surface area contributed by atoms with Gasteiger partial charge in [-0.2, -0.15) is 0 Å². The number of carbonyl (C=O) groups excluding carboxylic acids is 5. The molecule has 0 aliphatic carbocycles. The third-order valence-corrected chi connectivity index (χ3v) is 4.71. The number of carbonyl (C=O) groups is 5. The average molecular weight is 520 g/mol. The Morgan fingerprint density at radius 2 is 1.11 bits per heavy atom. The van der Waals surface area contributed by atoms with Crippen molar-refractivity contribution in [1.29, 1.82) is 0 Å². The van der Waals surface area contributed by atoms with Crippen molar-refractivity contribution in [2.75, 3.05) is 0 Å². The molecule has 0 N–H and O–H groups in total. The van der Waals surface area contributed by atoms with Gasteiger partial charge in [-0.05, 0) is 49.2 Å². The van der Waals surface area contributed by atoms with Gasteiger partial charge in [0.1, 0.15) is 17.2 Å². The van der Waals surface area contributed by atoms with Crippen LogP contribution in [-0.2, 0) is 24.0 Å². The van der Waals surface area contributed by atoms with Gasteiger partial charge in [-0.25, -0.2) is 19.2 Å². The maximum Gasteiger partial charge on any atom is 0.339 e. The van der Waals surface area contributed by atoms with Gasteiger partial charge < -0.3 is 23.7 Å². The molecular weight excluding hydrogens is 496 g/mol. The fraction of sp³-hybridized carbons (Fsp3) is 0.107. The number of ether oxygens (including phenoxy) is 5. The van der Waals surface area contributed by atoms with E-state index in [-0.39, 0.29) is 34.3 Å². The van der Waals surface area contributed by atoms with Crippen molar-refractivity contribution in [2.24, 2.45) is 0 Å². The van der Waals surface area contributed by atoms with Gasteiger partial charge in [-0.1, -0.05) is 19.7 Å². The van der Waals surface area contributed by atoms with E-state index in [0.717, 1.165) is 25.2 Å². The van der Waals surface area contributed by atoms with Gasteiger partial charge in [0.15, 0.2) is 11.5 Å². The fourth-order valence-electron chi connectivity index (χ4n) is 2.80. The molecule has 0 saturated heterocycles. The molecule has 196 valence electrons. The first kappa shape index (κ1) is 29.0. The normalized spacial score (nSPS) is 10.7. The predicted molar refractivity (Wildman–Crippen MR) is 136 cm³/mol. The molecule has 0 spiro atoms. The molecule has 0 bridgehead atoms. The zero-order chi connectivity index (χ0) is 28.4. The van der Waals surface area contributed by atoms with Crippen molar-refractivity contribution in [3.05, 3.63) is 85.5 Å². The molecule has 38 heavy (non-hydrogen) atoms. The quantitative estimate of drug-likeness (QED) is 0.254. The van der Waals surface area contributed by atoms with E-state index in [0.29, 0.717) is 11.1 Å². The summed E-state index contributed by atoms with van der Waals surface area (Å²) in [5.74, 6) is -3.95. The Labute approximate surface area is 218 Å². The molecule has 0 fully saturated rings. The maximum absolute atomic E-state index is 13.0. The minimum absolute atomic E-state index is 0.0292. The highest BCUT2D eigenvalue weighted by Crippen LogP contribution is 2.34. The predicted octanol–water partition coefficient (Wildman–Crippen LogP) is 4.29. The molecule has 10 heteroatoms. The summed E-state index contributed by atoms with van der Waals surface area (Å²) in [6, 6.07) is 8.03. The minimum atomic E-state index is -0.815. The zero-order valence-corrected chi connectivity index (χ0v) is 20.9. The highest BCUT2D eigenvalue weighted by molar-refractivity contribution is 5.98. The van der Waals surface area contributed by atoms with Crippen LogP contribution in [0, 0.1) is 0 Å². The molecule has 0 unspecified atom stereocenters. The summed E-state index contributed by atoms with van der Waals surface area (Å²) in [5.41, 5.74) is 0.870. The van der Waals surface area contributed by atoms with Gasteiger partial charge >= 0.3 is 29.8 Å². The Balaban J connectivity index is 2.44. The summed E-state index contributed by atoms with van der Waals surface area (Å²) in [6.45, 7) is 14.2. The SMILES string of the molecule is C=CC(=O)Oc1cc(OC(=O)C=C)cc(/C(C)=C(\C)C(=O)Oc2ccc(OC(=O)C=C)cc2OC(C)=O)c1. The van der Waals surface area contributed by atoms with Crippen LogP contribution in [0.1, 0.15) is 26.3 Å². The lowest BCUT2D eigenvalue weighted by Gasteiger charge is -2.14. The van der Waals surface area contributed by atoms with Gasteiger partial charge in [0.2, 0.25) is 0 Å². The molecule has 0 aliphatic heterocycles. The van der Waals surface area contributed by atoms with Crippen LogP contribution in [0.25, 0.3) is 5.57 Å². The first-order valence-electron chi connectivity index (χ1n) is 10.9. The lowest BCUT2D eigenvalue weighted by Crippen LogP contribution is -2.13. The highest BCUT2D eigenvalue weighted by Gasteiger charge is 2.19. The van der Waals surface area contributed by atoms with Gasteiger partial charge in [0.25, 0.3) is 0 Å². The first-order chi connectivity index (χ1) is 18.0. The van der Waals surface area contributed by atoms with Crippen LogP contribution < -0.4 is 23.7 Å². The second-order valence-electron chi connectivity index (χ2n) is 7.41. The van der Waals surface area contributed by atoms with Crippen molar-refractivity contribution < 1.29 is 47.7 Å². The molecule has 10 nitrogen and oxygen atoms in total. The van der Waals surface area contributed by atoms with E-state index in [2.05, 4.69) is 19.7 Å². The number of rotatable bonds is 10. The molecule has 0 saturated carbocycles. The van der Waals surface area contributed by atoms with Crippen LogP contribution >= 0.6 is 0 Å². The fourth-order valence-corrected chi connectivity index (χ4v) is 2.80. The van der Waals surface area contributed by atoms with Gasteiger partial charge in [-0.15, -0.1) is 0 Å². The largest absolute Gasteiger partial charge is 0.423 e. The van der Waals surface area contributed by atoms with Crippen LogP contribution in [-0.4, -0.2) is 29.8 Å². The number of esters is 5. The number of hydrogen-bond acceptors (Lipinski definition) is 10. The summed E-state index contributed by atoms with van der Waals surface area (Å²) in [4.78, 5) is 59.4. The summed E-state index contributed by atoms with van der Waals surface area (Å²) >= 11 is 0. The molecular formula is C28H24O10. The van der Waals surface area contributed by atoms with Crippen LogP contribution in [0.4, 0.5) is 0 Å². The lowest BCUT2D eigenvalue weighted by molar-refractivity contribution is -0.133. The van der Waals surface area contributed by atoms with Crippen molar-refractivity contribution in [2.45, 2.75) is 20.8 Å². The summed E-state index contributed by atoms with van der Waals surface area (Å²) in [5, 5.41) is 0. The molecule has 0 radical (unpaired) electrons. The number of allylic oxidation sites excluding steroid dienone is 1. The van der Waals surface area contributed by atoms with Crippen LogP contribution in [0.15, 0.2) is 79.9 Å². The van der Waals surface area contributed by atoms with Gasteiger partial charge in [-0.3, -0.25) is 4.79 Å². The molecule has 2 rings (SSSR count). The second-order valence-corrected chi connectivity index (χ2v) is 7.41. The van der Waals surface area contributed by atoms with Crippen LogP contribution in [0.3, 0.4) is 0 Å². The Hall–Kier alpha value is -5.25. The Kier molecular flexibility index (Phi) is 10.0. The molecule has 0 aliphatic rings. The van der Waals surface area contributed by atoms with Gasteiger partial charge in [0, 0.05) is 42.9 Å². The van der Waals surface area contributed by atoms with E-state index in [9.17, 15) is 24.0 Å². The summed E-state index contributed by atoms with van der Waals surface area (Å²) in [7, 11) is 0. The van der Waals surface area contributed by atoms with Crippen molar-refractivity contribution in [3.63, 3.8) is 0 Å². The number of hydrogen-bond donors (Lipinski definition) is 0. The smallest absolute Gasteiger partial charge is 0.339 e. The van der Waals surface area contributed by atoms with E-state index in [1.54, 1.807) is 6.92 Å². The topological polar surface area (TPSA) is 132 Å². The van der Waals surface area contributed by atoms with Crippen molar-refractivity contribution in [3.8, 4) is 28.7 Å². The zero-order valence-electron chi connectivity index (χ0n) is 20.9. The molecule has 0 atom stereocenters. The van der Waals surface area contributed by atoms with E-state index in [1.165, 1.54) is 43.3 Å². The van der Waals surface area contributed by atoms with Crippen molar-refractivity contribution >= 4 is 35.4 Å². The molecule has 0 heterocycles. The van der Waals surface area contributed by atoms with Crippen LogP contribution in [0.5, 0.6) is 28.7 Å². The Morgan fingerprint density at radius 3 is 1.58 bits per heavy atom. The summed E-state index contributed by atoms with van der Waals surface area (Å²) < 4.78 is 25.8. The van der Waals surface area contributed by atoms with Gasteiger partial charge in [0.05, 0.1) is 0 Å². The molecule has 0 amide bonds. The van der Waals surface area contributed by atoms with E-state index in [1.807, 2.05) is 0 Å². The number of benzene rings is 2. The highest BCUT2D eigenvalue weighted by atomic mass is 16.6. The molecule has 0 aromatic heterocycles. The molecule has 2 aromatic rings. The van der Waals surface area contributed by atoms with Crippen molar-refractivity contribution in [1.82, 2.24) is 0 Å². The monoisotopic (exact) mass is 520 g/mol. The first-order valence-corrected chi connectivity index (χ1v) is 10.9. The Morgan fingerprint density at radius 1 is 0.605 bits per heavy atom. The molecule has 2 aromatic carbocycles. The van der Waals surface area contributed by atoms with E-state index in [4.69, 9.17) is 23.7 Å². The standard InChI is InChI=1S/C28H24O10/c1-7-25(30)35-20-10-11-23(24(15-20)34-18(6)29)38-28(33)17(5)16(4)19-12-21(36-26(31)8-2)14-22(13-19)37-27(32)9-3/h7-15H,1-3H2,4-6H3/b17-16+. The second kappa shape index (κ2) is 13.2. The average Bonchev–Trinajstić information content (AvgIpc) is 2.88. The van der Waals surface area contributed by atoms with E-state index >= 15 is 0 Å². The van der Waals surface area contributed by atoms with E-state index < -0.39 is 29.8 Å². The third-order valence-electron chi connectivity index (χ3n) is 4.71. The summed E-state index contributed by atoms with van der Waals surface area (Å²) in [6.07, 6.45) is 2.86. The lowest BCUT2D eigenvalue weighted by atomic mass is 10.0. The Bertz CT molecular complexity index is 1320. The minimum Gasteiger partial charge on any atom is -0.423 e.